The molecule has 0 aliphatic rings. The lowest BCUT2D eigenvalue weighted by molar-refractivity contribution is 1.29. The zero-order valence-electron chi connectivity index (χ0n) is 5.07. The second kappa shape index (κ2) is 8.99. The van der Waals surface area contributed by atoms with E-state index >= 15 is 0 Å². The van der Waals surface area contributed by atoms with E-state index in [9.17, 15) is 0 Å². The molecule has 0 rings (SSSR count). The van der Waals surface area contributed by atoms with Crippen LogP contribution in [0.1, 0.15) is 13.8 Å². The quantitative estimate of drug-likeness (QED) is 0.459. The van der Waals surface area contributed by atoms with Crippen LogP contribution in [0.25, 0.3) is 0 Å². The number of hydrogen-bond acceptors (Lipinski definition) is 1. The molecule has 0 spiro atoms. The molecule has 0 saturated heterocycles. The highest BCUT2D eigenvalue weighted by Gasteiger charge is 1.60. The van der Waals surface area contributed by atoms with E-state index in [2.05, 4.69) is 13.2 Å². The zero-order valence-corrected chi connectivity index (χ0v) is 5.07. The fourth-order valence-corrected chi connectivity index (χ4v) is 0. The summed E-state index contributed by atoms with van der Waals surface area (Å²) in [6, 6.07) is 0. The van der Waals surface area contributed by atoms with E-state index in [0.29, 0.717) is 0 Å². The normalized spacial score (nSPS) is 9.14. The first kappa shape index (κ1) is 9.56. The second-order valence-corrected chi connectivity index (χ2v) is 1.03. The molecule has 0 fully saturated rings. The van der Waals surface area contributed by atoms with E-state index in [1.807, 2.05) is 19.9 Å². The van der Waals surface area contributed by atoms with Gasteiger partial charge in [-0.1, -0.05) is 6.08 Å². The van der Waals surface area contributed by atoms with Crippen molar-refractivity contribution in [3.05, 3.63) is 24.9 Å². The molecule has 1 heteroatoms. The lowest BCUT2D eigenvalue weighted by Crippen LogP contribution is -1.86. The van der Waals surface area contributed by atoms with E-state index in [-0.39, 0.29) is 0 Å². The van der Waals surface area contributed by atoms with Gasteiger partial charge in [-0.15, -0.1) is 13.2 Å². The Morgan fingerprint density at radius 1 is 1.57 bits per heavy atom. The Balaban J connectivity index is 0. The van der Waals surface area contributed by atoms with Crippen LogP contribution in [0.5, 0.6) is 0 Å². The highest BCUT2D eigenvalue weighted by Crippen LogP contribution is 1.71. The van der Waals surface area contributed by atoms with Gasteiger partial charge in [0.2, 0.25) is 0 Å². The SMILES string of the molecule is C/C=C(\C)N.C=C. The van der Waals surface area contributed by atoms with Crippen molar-refractivity contribution in [1.29, 1.82) is 0 Å². The number of allylic oxidation sites excluding steroid dienone is 2. The minimum Gasteiger partial charge on any atom is -0.403 e. The fraction of sp³-hybridized carbons (Fsp3) is 0.333. The molecule has 0 aromatic heterocycles. The Bertz CT molecular complexity index is 51.2. The molecule has 0 aromatic carbocycles. The summed E-state index contributed by atoms with van der Waals surface area (Å²) in [6.07, 6.45) is 1.86. The molecule has 0 saturated carbocycles. The fourth-order valence-electron chi connectivity index (χ4n) is 0. The summed E-state index contributed by atoms with van der Waals surface area (Å²) >= 11 is 0. The smallest absolute Gasteiger partial charge is 0.000552 e. The van der Waals surface area contributed by atoms with Crippen molar-refractivity contribution < 1.29 is 0 Å². The largest absolute Gasteiger partial charge is 0.403 e. The second-order valence-electron chi connectivity index (χ2n) is 1.03. The van der Waals surface area contributed by atoms with Crippen molar-refractivity contribution in [2.45, 2.75) is 13.8 Å². The zero-order chi connectivity index (χ0) is 6.28. The summed E-state index contributed by atoms with van der Waals surface area (Å²) in [4.78, 5) is 0. The predicted octanol–water partition coefficient (Wildman–Crippen LogP) is 1.67. The topological polar surface area (TPSA) is 26.0 Å². The molecule has 0 atom stereocenters. The molecule has 0 unspecified atom stereocenters. The van der Waals surface area contributed by atoms with Gasteiger partial charge in [0.1, 0.15) is 0 Å². The maximum atomic E-state index is 5.15. The molecule has 0 amide bonds. The Morgan fingerprint density at radius 3 is 1.71 bits per heavy atom. The highest BCUT2D eigenvalue weighted by atomic mass is 14.5. The van der Waals surface area contributed by atoms with E-state index < -0.39 is 0 Å². The maximum Gasteiger partial charge on any atom is 0.000552 e. The lowest BCUT2D eigenvalue weighted by Gasteiger charge is -1.76. The number of nitrogens with two attached hydrogens (primary N) is 1. The van der Waals surface area contributed by atoms with Crippen molar-refractivity contribution >= 4 is 0 Å². The van der Waals surface area contributed by atoms with Gasteiger partial charge < -0.3 is 5.73 Å². The van der Waals surface area contributed by atoms with Crippen molar-refractivity contribution in [1.82, 2.24) is 0 Å². The third-order valence-corrected chi connectivity index (χ3v) is 0.455. The van der Waals surface area contributed by atoms with Gasteiger partial charge in [0, 0.05) is 5.70 Å². The Hall–Kier alpha value is -0.720. The summed E-state index contributed by atoms with van der Waals surface area (Å²) in [5, 5.41) is 0. The predicted molar refractivity (Wildman–Crippen MR) is 34.9 cm³/mol. The minimum absolute atomic E-state index is 0.880. The molecule has 2 N–H and O–H groups in total. The summed E-state index contributed by atoms with van der Waals surface area (Å²) < 4.78 is 0. The molecule has 0 heterocycles. The monoisotopic (exact) mass is 99.1 g/mol. The van der Waals surface area contributed by atoms with Crippen molar-refractivity contribution in [2.24, 2.45) is 5.73 Å². The molecular formula is C6H13N. The third-order valence-electron chi connectivity index (χ3n) is 0.455. The Morgan fingerprint density at radius 2 is 1.71 bits per heavy atom. The number of hydrogen-bond donors (Lipinski definition) is 1. The van der Waals surface area contributed by atoms with Crippen LogP contribution in [0.2, 0.25) is 0 Å². The third kappa shape index (κ3) is 34.7. The molecule has 0 aliphatic heterocycles. The average molecular weight is 99.2 g/mol. The summed E-state index contributed by atoms with van der Waals surface area (Å²) in [6.45, 7) is 9.77. The summed E-state index contributed by atoms with van der Waals surface area (Å²) in [5.74, 6) is 0. The molecule has 42 valence electrons. The standard InChI is InChI=1S/C4H9N.C2H4/c1-3-4(2)5;1-2/h3H,5H2,1-2H3;1-2H2/b4-3+;. The molecule has 0 aromatic rings. The van der Waals surface area contributed by atoms with Crippen LogP contribution in [0.3, 0.4) is 0 Å². The van der Waals surface area contributed by atoms with Crippen LogP contribution in [0.15, 0.2) is 24.9 Å². The van der Waals surface area contributed by atoms with Crippen LogP contribution in [0.4, 0.5) is 0 Å². The first-order chi connectivity index (χ1) is 3.27. The van der Waals surface area contributed by atoms with E-state index in [4.69, 9.17) is 5.73 Å². The highest BCUT2D eigenvalue weighted by molar-refractivity contribution is 4.86. The Labute approximate surface area is 45.5 Å². The van der Waals surface area contributed by atoms with Crippen LogP contribution in [-0.2, 0) is 0 Å². The van der Waals surface area contributed by atoms with Gasteiger partial charge in [0.05, 0.1) is 0 Å². The van der Waals surface area contributed by atoms with Crippen LogP contribution in [-0.4, -0.2) is 0 Å². The average Bonchev–Trinajstić information content (AvgIpc) is 1.73. The number of rotatable bonds is 0. The Kier molecular flexibility index (Phi) is 12.3. The maximum absolute atomic E-state index is 5.15. The van der Waals surface area contributed by atoms with Gasteiger partial charge in [0.15, 0.2) is 0 Å². The van der Waals surface area contributed by atoms with Gasteiger partial charge in [0.25, 0.3) is 0 Å². The summed E-state index contributed by atoms with van der Waals surface area (Å²) in [7, 11) is 0. The van der Waals surface area contributed by atoms with Gasteiger partial charge in [-0.3, -0.25) is 0 Å². The molecule has 0 aliphatic carbocycles. The lowest BCUT2D eigenvalue weighted by atomic mass is 10.5. The molecule has 0 bridgehead atoms. The van der Waals surface area contributed by atoms with Crippen LogP contribution < -0.4 is 5.73 Å². The van der Waals surface area contributed by atoms with Gasteiger partial charge >= 0.3 is 0 Å². The van der Waals surface area contributed by atoms with E-state index in [0.717, 1.165) is 5.70 Å². The van der Waals surface area contributed by atoms with E-state index in [1.54, 1.807) is 0 Å². The van der Waals surface area contributed by atoms with Crippen molar-refractivity contribution in [3.63, 3.8) is 0 Å². The first-order valence-corrected chi connectivity index (χ1v) is 2.15. The molecule has 0 radical (unpaired) electrons. The molecular weight excluding hydrogens is 86.1 g/mol. The van der Waals surface area contributed by atoms with Crippen LogP contribution in [0, 0.1) is 0 Å². The van der Waals surface area contributed by atoms with Gasteiger partial charge in [-0.2, -0.15) is 0 Å². The van der Waals surface area contributed by atoms with Crippen molar-refractivity contribution in [2.75, 3.05) is 0 Å². The van der Waals surface area contributed by atoms with Gasteiger partial charge in [-0.25, -0.2) is 0 Å². The van der Waals surface area contributed by atoms with E-state index in [1.165, 1.54) is 0 Å². The minimum atomic E-state index is 0.880. The van der Waals surface area contributed by atoms with Crippen molar-refractivity contribution in [3.8, 4) is 0 Å². The summed E-state index contributed by atoms with van der Waals surface area (Å²) in [5.41, 5.74) is 6.03. The van der Waals surface area contributed by atoms with Gasteiger partial charge in [-0.05, 0) is 13.8 Å². The first-order valence-electron chi connectivity index (χ1n) is 2.15. The molecule has 1 nitrogen and oxygen atoms in total. The molecule has 7 heavy (non-hydrogen) atoms. The van der Waals surface area contributed by atoms with Crippen LogP contribution >= 0.6 is 0 Å².